The van der Waals surface area contributed by atoms with Crippen molar-refractivity contribution < 1.29 is 13.7 Å². The summed E-state index contributed by atoms with van der Waals surface area (Å²) in [5.41, 5.74) is 6.07. The Morgan fingerprint density at radius 3 is 2.52 bits per heavy atom. The molecule has 0 saturated heterocycles. The first-order chi connectivity index (χ1) is 14.9. The van der Waals surface area contributed by atoms with E-state index in [0.717, 1.165) is 5.57 Å². The number of anilines is 1. The van der Waals surface area contributed by atoms with Gasteiger partial charge in [0.05, 0.1) is 30.4 Å². The van der Waals surface area contributed by atoms with Crippen molar-refractivity contribution in [3.63, 3.8) is 0 Å². The van der Waals surface area contributed by atoms with E-state index in [1.165, 1.54) is 0 Å². The molecule has 0 bridgehead atoms. The topological polar surface area (TPSA) is 125 Å². The summed E-state index contributed by atoms with van der Waals surface area (Å²) in [7, 11) is -4.65. The van der Waals surface area contributed by atoms with Gasteiger partial charge in [-0.1, -0.05) is 34.3 Å². The van der Waals surface area contributed by atoms with Crippen LogP contribution in [0.25, 0.3) is 11.2 Å². The predicted molar refractivity (Wildman–Crippen MR) is 136 cm³/mol. The smallest absolute Gasteiger partial charge is 0.280 e. The number of fused-ring (bicyclic) bond motifs is 1. The van der Waals surface area contributed by atoms with Crippen LogP contribution in [0.5, 0.6) is 0 Å². The van der Waals surface area contributed by atoms with Crippen molar-refractivity contribution in [3.05, 3.63) is 28.8 Å². The predicted octanol–water partition coefficient (Wildman–Crippen LogP) is 4.19. The van der Waals surface area contributed by atoms with Crippen molar-refractivity contribution >= 4 is 32.6 Å². The van der Waals surface area contributed by atoms with E-state index in [0.29, 0.717) is 5.65 Å². The van der Waals surface area contributed by atoms with E-state index in [-0.39, 0.29) is 34.9 Å². The van der Waals surface area contributed by atoms with Gasteiger partial charge < -0.3 is 24.0 Å². The summed E-state index contributed by atoms with van der Waals surface area (Å²) in [5, 5.41) is -0.0278. The molecule has 2 aromatic rings. The molecule has 1 aliphatic carbocycles. The number of nitrogen functional groups attached to an aromatic ring is 1. The van der Waals surface area contributed by atoms with Crippen molar-refractivity contribution in [2.45, 2.75) is 70.5 Å². The van der Waals surface area contributed by atoms with E-state index in [1.54, 1.807) is 19.7 Å². The van der Waals surface area contributed by atoms with Crippen LogP contribution in [0.1, 0.15) is 40.7 Å². The van der Waals surface area contributed by atoms with Crippen LogP contribution in [0.2, 0.25) is 18.1 Å². The lowest BCUT2D eigenvalue weighted by Gasteiger charge is -2.47. The molecular formula is C22H38N5O4PSi. The van der Waals surface area contributed by atoms with Crippen molar-refractivity contribution in [2.24, 2.45) is 5.92 Å². The summed E-state index contributed by atoms with van der Waals surface area (Å²) in [5.74, 6) is -0.0869. The van der Waals surface area contributed by atoms with Gasteiger partial charge in [-0.25, -0.2) is 4.98 Å². The molecule has 33 heavy (non-hydrogen) atoms. The lowest BCUT2D eigenvalue weighted by molar-refractivity contribution is -0.0254. The van der Waals surface area contributed by atoms with Gasteiger partial charge >= 0.3 is 0 Å². The summed E-state index contributed by atoms with van der Waals surface area (Å²) in [6.45, 7) is 22.9. The molecule has 0 aliphatic heterocycles. The number of aromatic amines is 1. The first-order valence-electron chi connectivity index (χ1n) is 11.2. The molecule has 3 N–H and O–H groups in total. The average Bonchev–Trinajstić information content (AvgIpc) is 3.09. The summed E-state index contributed by atoms with van der Waals surface area (Å²) < 4.78 is 27.5. The van der Waals surface area contributed by atoms with Gasteiger partial charge in [0.15, 0.2) is 19.5 Å². The molecule has 184 valence electrons. The number of ether oxygens (including phenoxy) is 1. The summed E-state index contributed by atoms with van der Waals surface area (Å²) in [6.07, 6.45) is 1.36. The molecule has 11 heteroatoms. The first kappa shape index (κ1) is 25.9. The number of rotatable bonds is 6. The Labute approximate surface area is 196 Å². The third-order valence-corrected chi connectivity index (χ3v) is 12.5. The highest BCUT2D eigenvalue weighted by Crippen LogP contribution is 2.54. The molecule has 1 saturated carbocycles. The molecule has 2 heterocycles. The fraction of sp³-hybridized carbons (Fsp3) is 0.682. The lowest BCUT2D eigenvalue weighted by atomic mass is 9.91. The minimum absolute atomic E-state index is 0.0172. The zero-order valence-corrected chi connectivity index (χ0v) is 23.1. The number of imidazole rings is 1. The van der Waals surface area contributed by atoms with Crippen molar-refractivity contribution in [1.29, 1.82) is 0 Å². The summed E-state index contributed by atoms with van der Waals surface area (Å²) >= 11 is 0. The molecule has 0 spiro atoms. The molecule has 1 aliphatic rings. The van der Waals surface area contributed by atoms with Gasteiger partial charge in [0.2, 0.25) is 5.95 Å². The molecule has 2 aromatic heterocycles. The normalized spacial score (nSPS) is 26.9. The Morgan fingerprint density at radius 2 is 1.97 bits per heavy atom. The Kier molecular flexibility index (Phi) is 6.42. The number of nitrogens with zero attached hydrogens (tertiary/aromatic N) is 3. The van der Waals surface area contributed by atoms with Crippen LogP contribution >= 0.6 is 7.14 Å². The number of nitrogens with two attached hydrogens (primary N) is 1. The zero-order valence-electron chi connectivity index (χ0n) is 21.2. The lowest BCUT2D eigenvalue weighted by Crippen LogP contribution is -2.53. The van der Waals surface area contributed by atoms with Crippen LogP contribution in [0.15, 0.2) is 23.3 Å². The molecule has 4 atom stereocenters. The number of hydrogen-bond donors (Lipinski definition) is 2. The SMILES string of the molecule is C=C1[C@H](OCP(C)(C)=O)[C@H](C)[C@@](C)(O[Si](C)(C)C(C)(C)C)[C@@H]1n1cnc2c(=O)[nH]c(N)nc21. The minimum Gasteiger partial charge on any atom is -0.409 e. The van der Waals surface area contributed by atoms with Crippen LogP contribution in [0, 0.1) is 5.92 Å². The third-order valence-electron chi connectivity index (χ3n) is 7.19. The highest BCUT2D eigenvalue weighted by atomic mass is 31.2. The van der Waals surface area contributed by atoms with Crippen molar-refractivity contribution in [2.75, 3.05) is 25.4 Å². The van der Waals surface area contributed by atoms with E-state index in [4.69, 9.17) is 14.9 Å². The zero-order chi connectivity index (χ0) is 25.1. The van der Waals surface area contributed by atoms with Gasteiger partial charge in [-0.2, -0.15) is 4.98 Å². The Bertz CT molecular complexity index is 1180. The van der Waals surface area contributed by atoms with Crippen LogP contribution < -0.4 is 11.3 Å². The molecule has 0 unspecified atom stereocenters. The van der Waals surface area contributed by atoms with E-state index in [2.05, 4.69) is 69.2 Å². The number of nitrogens with one attached hydrogen (secondary N) is 1. The van der Waals surface area contributed by atoms with E-state index < -0.39 is 32.7 Å². The van der Waals surface area contributed by atoms with E-state index in [1.807, 2.05) is 4.57 Å². The maximum absolute atomic E-state index is 12.4. The average molecular weight is 496 g/mol. The van der Waals surface area contributed by atoms with E-state index >= 15 is 0 Å². The fourth-order valence-corrected chi connectivity index (χ4v) is 6.57. The minimum atomic E-state index is -2.40. The number of aromatic nitrogens is 4. The van der Waals surface area contributed by atoms with Gasteiger partial charge in [-0.15, -0.1) is 0 Å². The van der Waals surface area contributed by atoms with Crippen molar-refractivity contribution in [3.8, 4) is 0 Å². The maximum atomic E-state index is 12.4. The van der Waals surface area contributed by atoms with Gasteiger partial charge in [-0.3, -0.25) is 9.78 Å². The van der Waals surface area contributed by atoms with E-state index in [9.17, 15) is 9.36 Å². The quantitative estimate of drug-likeness (QED) is 0.350. The Hall–Kier alpha value is -1.74. The van der Waals surface area contributed by atoms with Crippen LogP contribution in [-0.2, 0) is 13.7 Å². The number of H-pyrrole nitrogens is 1. The molecule has 0 aromatic carbocycles. The molecule has 0 amide bonds. The monoisotopic (exact) mass is 495 g/mol. The number of hydrogen-bond acceptors (Lipinski definition) is 7. The molecule has 0 radical (unpaired) electrons. The van der Waals surface area contributed by atoms with Crippen molar-refractivity contribution in [1.82, 2.24) is 19.5 Å². The molecule has 3 rings (SSSR count). The van der Waals surface area contributed by atoms with Gasteiger partial charge in [-0.05, 0) is 44.0 Å². The maximum Gasteiger partial charge on any atom is 0.280 e. The summed E-state index contributed by atoms with van der Waals surface area (Å²) in [4.78, 5) is 23.6. The Morgan fingerprint density at radius 1 is 1.36 bits per heavy atom. The van der Waals surface area contributed by atoms with Crippen LogP contribution in [0.4, 0.5) is 5.95 Å². The second kappa shape index (κ2) is 8.18. The standard InChI is InChI=1S/C22H38N5O4PSi/c1-13-16(30-12-32(7,8)29)14(2)22(6,31-33(9,10)21(3,4)5)17(13)27-11-24-15-18(27)25-20(23)26-19(15)28/h11,14,16-17H,1,12H2,2-10H3,(H3,23,25,26,28)/t14-,16-,17+,22+/m0/s1. The molecule has 9 nitrogen and oxygen atoms in total. The third kappa shape index (κ3) is 4.63. The van der Waals surface area contributed by atoms with Gasteiger partial charge in [0.1, 0.15) is 7.14 Å². The summed E-state index contributed by atoms with van der Waals surface area (Å²) in [6, 6.07) is -0.404. The fourth-order valence-electron chi connectivity index (χ4n) is 4.34. The van der Waals surface area contributed by atoms with Crippen LogP contribution in [-0.4, -0.2) is 59.2 Å². The highest BCUT2D eigenvalue weighted by molar-refractivity contribution is 7.62. The molecular weight excluding hydrogens is 457 g/mol. The van der Waals surface area contributed by atoms with Crippen LogP contribution in [0.3, 0.4) is 0 Å². The second-order valence-corrected chi connectivity index (χ2v) is 19.5. The first-order valence-corrected chi connectivity index (χ1v) is 16.9. The highest BCUT2D eigenvalue weighted by Gasteiger charge is 2.58. The second-order valence-electron chi connectivity index (χ2n) is 11.4. The van der Waals surface area contributed by atoms with Gasteiger partial charge in [0.25, 0.3) is 5.56 Å². The van der Waals surface area contributed by atoms with Gasteiger partial charge in [0, 0.05) is 5.92 Å². The Balaban J connectivity index is 2.18. The molecule has 1 fully saturated rings. The largest absolute Gasteiger partial charge is 0.409 e.